The van der Waals surface area contributed by atoms with Crippen LogP contribution in [0.4, 0.5) is 0 Å². The van der Waals surface area contributed by atoms with Gasteiger partial charge in [0.2, 0.25) is 0 Å². The Bertz CT molecular complexity index is 959. The van der Waals surface area contributed by atoms with Gasteiger partial charge in [-0.25, -0.2) is 9.78 Å². The Balaban J connectivity index is 1.24. The van der Waals surface area contributed by atoms with Crippen LogP contribution in [0.25, 0.3) is 11.0 Å². The number of carbonyl (C=O) groups is 2. The largest absolute Gasteiger partial charge is 0.452 e. The molecule has 1 fully saturated rings. The van der Waals surface area contributed by atoms with Crippen molar-refractivity contribution in [3.63, 3.8) is 0 Å². The van der Waals surface area contributed by atoms with E-state index < -0.39 is 5.97 Å². The second-order valence-electron chi connectivity index (χ2n) is 7.22. The molecule has 2 aromatic carbocycles. The number of H-pyrrole nitrogens is 1. The molecular weight excluding hydrogens is 354 g/mol. The highest BCUT2D eigenvalue weighted by atomic mass is 16.5. The molecule has 0 spiro atoms. The van der Waals surface area contributed by atoms with E-state index in [1.54, 1.807) is 29.4 Å². The highest BCUT2D eigenvalue weighted by molar-refractivity contribution is 5.94. The molecule has 4 rings (SSSR count). The molecule has 1 saturated heterocycles. The highest BCUT2D eigenvalue weighted by Crippen LogP contribution is 2.22. The first-order chi connectivity index (χ1) is 13.7. The molecule has 1 aliphatic rings. The molecule has 0 atom stereocenters. The predicted molar refractivity (Wildman–Crippen MR) is 106 cm³/mol. The monoisotopic (exact) mass is 377 g/mol. The lowest BCUT2D eigenvalue weighted by molar-refractivity contribution is -0.135. The molecule has 1 aliphatic heterocycles. The van der Waals surface area contributed by atoms with E-state index in [4.69, 9.17) is 4.74 Å². The molecule has 1 amide bonds. The number of ether oxygens (including phenoxy) is 1. The number of nitrogens with one attached hydrogen (secondary N) is 1. The standard InChI is InChI=1S/C22H23N3O3/c26-21(14-28-22(27)18-6-7-19-20(13-18)24-15-23-19)25-10-8-17(9-11-25)12-16-4-2-1-3-5-16/h1-7,13,15,17H,8-12,14H2,(H,23,24). The van der Waals surface area contributed by atoms with E-state index in [0.29, 0.717) is 24.6 Å². The van der Waals surface area contributed by atoms with Crippen molar-refractivity contribution < 1.29 is 14.3 Å². The minimum absolute atomic E-state index is 0.130. The van der Waals surface area contributed by atoms with Gasteiger partial charge >= 0.3 is 5.97 Å². The summed E-state index contributed by atoms with van der Waals surface area (Å²) in [7, 11) is 0. The summed E-state index contributed by atoms with van der Waals surface area (Å²) in [6.07, 6.45) is 4.58. The zero-order chi connectivity index (χ0) is 19.3. The first-order valence-corrected chi connectivity index (χ1v) is 9.61. The summed E-state index contributed by atoms with van der Waals surface area (Å²) < 4.78 is 5.23. The molecule has 3 aromatic rings. The summed E-state index contributed by atoms with van der Waals surface area (Å²) in [5.74, 6) is -0.0342. The van der Waals surface area contributed by atoms with Gasteiger partial charge in [-0.3, -0.25) is 4.79 Å². The number of aromatic amines is 1. The number of rotatable bonds is 5. The van der Waals surface area contributed by atoms with Crippen molar-refractivity contribution in [3.05, 3.63) is 66.0 Å². The number of piperidine rings is 1. The average molecular weight is 377 g/mol. The molecule has 0 unspecified atom stereocenters. The first-order valence-electron chi connectivity index (χ1n) is 9.61. The van der Waals surface area contributed by atoms with Crippen molar-refractivity contribution >= 4 is 22.9 Å². The number of aromatic nitrogens is 2. The number of hydrogen-bond donors (Lipinski definition) is 1. The first kappa shape index (κ1) is 18.2. The van der Waals surface area contributed by atoms with Crippen molar-refractivity contribution in [3.8, 4) is 0 Å². The number of amides is 1. The number of carbonyl (C=O) groups excluding carboxylic acids is 2. The van der Waals surface area contributed by atoms with E-state index in [2.05, 4.69) is 34.2 Å². The Morgan fingerprint density at radius 2 is 1.89 bits per heavy atom. The summed E-state index contributed by atoms with van der Waals surface area (Å²) in [4.78, 5) is 33.5. The second-order valence-corrected chi connectivity index (χ2v) is 7.22. The third-order valence-electron chi connectivity index (χ3n) is 5.32. The molecule has 1 N–H and O–H groups in total. The maximum Gasteiger partial charge on any atom is 0.338 e. The lowest BCUT2D eigenvalue weighted by Crippen LogP contribution is -2.41. The van der Waals surface area contributed by atoms with Crippen LogP contribution in [0.3, 0.4) is 0 Å². The highest BCUT2D eigenvalue weighted by Gasteiger charge is 2.24. The van der Waals surface area contributed by atoms with Crippen molar-refractivity contribution in [1.29, 1.82) is 0 Å². The summed E-state index contributed by atoms with van der Waals surface area (Å²) in [6.45, 7) is 1.21. The Kier molecular flexibility index (Phi) is 5.37. The van der Waals surface area contributed by atoms with Crippen LogP contribution >= 0.6 is 0 Å². The fourth-order valence-electron chi connectivity index (χ4n) is 3.70. The molecule has 1 aromatic heterocycles. The van der Waals surface area contributed by atoms with Gasteiger partial charge in [-0.1, -0.05) is 30.3 Å². The molecule has 0 aliphatic carbocycles. The van der Waals surface area contributed by atoms with E-state index in [1.807, 2.05) is 6.07 Å². The van der Waals surface area contributed by atoms with E-state index in [0.717, 1.165) is 30.3 Å². The van der Waals surface area contributed by atoms with Gasteiger partial charge in [-0.15, -0.1) is 0 Å². The second kappa shape index (κ2) is 8.25. The van der Waals surface area contributed by atoms with Crippen LogP contribution in [0.2, 0.25) is 0 Å². The van der Waals surface area contributed by atoms with Crippen LogP contribution in [-0.4, -0.2) is 46.4 Å². The lowest BCUT2D eigenvalue weighted by Gasteiger charge is -2.32. The van der Waals surface area contributed by atoms with E-state index >= 15 is 0 Å². The third kappa shape index (κ3) is 4.22. The van der Waals surface area contributed by atoms with Crippen LogP contribution in [0.15, 0.2) is 54.9 Å². The summed E-state index contributed by atoms with van der Waals surface area (Å²) in [5, 5.41) is 0. The van der Waals surface area contributed by atoms with Crippen molar-refractivity contribution in [2.75, 3.05) is 19.7 Å². The Labute approximate surface area is 163 Å². The lowest BCUT2D eigenvalue weighted by atomic mass is 9.90. The number of imidazole rings is 1. The topological polar surface area (TPSA) is 75.3 Å². The Morgan fingerprint density at radius 1 is 1.11 bits per heavy atom. The SMILES string of the molecule is O=C(OCC(=O)N1CCC(Cc2ccccc2)CC1)c1ccc2nc[nH]c2c1. The molecular formula is C22H23N3O3. The molecule has 2 heterocycles. The fourth-order valence-corrected chi connectivity index (χ4v) is 3.70. The molecule has 28 heavy (non-hydrogen) atoms. The van der Waals surface area contributed by atoms with Crippen LogP contribution in [0.5, 0.6) is 0 Å². The maximum atomic E-state index is 12.4. The van der Waals surface area contributed by atoms with Gasteiger partial charge < -0.3 is 14.6 Å². The smallest absolute Gasteiger partial charge is 0.338 e. The van der Waals surface area contributed by atoms with E-state index in [9.17, 15) is 9.59 Å². The average Bonchev–Trinajstić information content (AvgIpc) is 3.21. The Hall–Kier alpha value is -3.15. The summed E-state index contributed by atoms with van der Waals surface area (Å²) in [5.41, 5.74) is 3.30. The normalized spacial score (nSPS) is 14.9. The minimum atomic E-state index is -0.496. The number of fused-ring (bicyclic) bond motifs is 1. The molecule has 6 nitrogen and oxygen atoms in total. The van der Waals surface area contributed by atoms with Crippen molar-refractivity contribution in [1.82, 2.24) is 14.9 Å². The molecule has 6 heteroatoms. The van der Waals surface area contributed by atoms with E-state index in [1.165, 1.54) is 5.56 Å². The van der Waals surface area contributed by atoms with Gasteiger partial charge in [-0.2, -0.15) is 0 Å². The summed E-state index contributed by atoms with van der Waals surface area (Å²) >= 11 is 0. The number of nitrogens with zero attached hydrogens (tertiary/aromatic N) is 2. The number of benzene rings is 2. The van der Waals surface area contributed by atoms with Gasteiger partial charge in [0.05, 0.1) is 22.9 Å². The van der Waals surface area contributed by atoms with E-state index in [-0.39, 0.29) is 12.5 Å². The van der Waals surface area contributed by atoms with Crippen molar-refractivity contribution in [2.45, 2.75) is 19.3 Å². The third-order valence-corrected chi connectivity index (χ3v) is 5.32. The van der Waals surface area contributed by atoms with Gasteiger partial charge in [0.15, 0.2) is 6.61 Å². The van der Waals surface area contributed by atoms with Crippen LogP contribution in [0, 0.1) is 5.92 Å². The summed E-state index contributed by atoms with van der Waals surface area (Å²) in [6, 6.07) is 15.5. The van der Waals surface area contributed by atoms with Gasteiger partial charge in [0, 0.05) is 13.1 Å². The minimum Gasteiger partial charge on any atom is -0.452 e. The van der Waals surface area contributed by atoms with Gasteiger partial charge in [-0.05, 0) is 48.9 Å². The maximum absolute atomic E-state index is 12.4. The number of hydrogen-bond acceptors (Lipinski definition) is 4. The molecule has 0 radical (unpaired) electrons. The van der Waals surface area contributed by atoms with Crippen LogP contribution in [0.1, 0.15) is 28.8 Å². The molecule has 144 valence electrons. The molecule has 0 saturated carbocycles. The van der Waals surface area contributed by atoms with Gasteiger partial charge in [0.1, 0.15) is 0 Å². The van der Waals surface area contributed by atoms with Gasteiger partial charge in [0.25, 0.3) is 5.91 Å². The van der Waals surface area contributed by atoms with Crippen LogP contribution in [-0.2, 0) is 16.0 Å². The van der Waals surface area contributed by atoms with Crippen LogP contribution < -0.4 is 0 Å². The molecule has 0 bridgehead atoms. The number of likely N-dealkylation sites (tertiary alicyclic amines) is 1. The number of esters is 1. The Morgan fingerprint density at radius 3 is 2.68 bits per heavy atom. The quantitative estimate of drug-likeness (QED) is 0.693. The fraction of sp³-hybridized carbons (Fsp3) is 0.318. The zero-order valence-electron chi connectivity index (χ0n) is 15.6. The van der Waals surface area contributed by atoms with Crippen molar-refractivity contribution in [2.24, 2.45) is 5.92 Å². The predicted octanol–water partition coefficient (Wildman–Crippen LogP) is 3.20. The zero-order valence-corrected chi connectivity index (χ0v) is 15.6.